The summed E-state index contributed by atoms with van der Waals surface area (Å²) < 4.78 is 39.2. The number of rotatable bonds is 12. The molecule has 8 heteroatoms. The average molecular weight is 529 g/mol. The Kier molecular flexibility index (Phi) is 12.6. The van der Waals surface area contributed by atoms with E-state index >= 15 is 0 Å². The number of methoxy groups -OCH3 is 3. The van der Waals surface area contributed by atoms with Gasteiger partial charge < -0.3 is 33.2 Å². The van der Waals surface area contributed by atoms with Gasteiger partial charge in [-0.15, -0.1) is 0 Å². The fraction of sp³-hybridized carbons (Fsp3) is 0.500. The first-order chi connectivity index (χ1) is 18.5. The third-order valence-electron chi connectivity index (χ3n) is 6.48. The molecule has 1 heterocycles. The van der Waals surface area contributed by atoms with E-state index in [1.807, 2.05) is 36.4 Å². The molecule has 0 N–H and O–H groups in total. The molecule has 3 rings (SSSR count). The van der Waals surface area contributed by atoms with Crippen molar-refractivity contribution >= 4 is 5.97 Å². The molecule has 0 spiro atoms. The van der Waals surface area contributed by atoms with Crippen LogP contribution in [0, 0.1) is 5.92 Å². The number of esters is 1. The highest BCUT2D eigenvalue weighted by Crippen LogP contribution is 2.28. The molecule has 0 amide bonds. The van der Waals surface area contributed by atoms with E-state index < -0.39 is 12.1 Å². The summed E-state index contributed by atoms with van der Waals surface area (Å²) in [5, 5.41) is 0. The van der Waals surface area contributed by atoms with Gasteiger partial charge in [-0.05, 0) is 48.1 Å². The van der Waals surface area contributed by atoms with Crippen molar-refractivity contribution in [2.75, 3.05) is 41.5 Å². The van der Waals surface area contributed by atoms with Crippen LogP contribution in [0.25, 0.3) is 0 Å². The Labute approximate surface area is 225 Å². The topological polar surface area (TPSA) is 81.7 Å². The lowest BCUT2D eigenvalue weighted by molar-refractivity contribution is -0.104. The molecule has 1 unspecified atom stereocenters. The van der Waals surface area contributed by atoms with Gasteiger partial charge in [0.05, 0.1) is 26.4 Å². The maximum absolute atomic E-state index is 13.5. The second-order valence-corrected chi connectivity index (χ2v) is 9.29. The van der Waals surface area contributed by atoms with Crippen molar-refractivity contribution in [2.45, 2.75) is 51.4 Å². The van der Waals surface area contributed by atoms with Gasteiger partial charge >= 0.3 is 5.97 Å². The molecule has 0 radical (unpaired) electrons. The third kappa shape index (κ3) is 9.13. The zero-order valence-corrected chi connectivity index (χ0v) is 22.9. The highest BCUT2D eigenvalue weighted by Gasteiger charge is 2.28. The number of benzene rings is 2. The van der Waals surface area contributed by atoms with E-state index in [1.54, 1.807) is 27.4 Å². The van der Waals surface area contributed by atoms with Crippen molar-refractivity contribution in [3.63, 3.8) is 0 Å². The first-order valence-electron chi connectivity index (χ1n) is 13.0. The fourth-order valence-electron chi connectivity index (χ4n) is 4.33. The van der Waals surface area contributed by atoms with Crippen molar-refractivity contribution in [3.05, 3.63) is 71.3 Å². The summed E-state index contributed by atoms with van der Waals surface area (Å²) in [5.74, 6) is 1.01. The summed E-state index contributed by atoms with van der Waals surface area (Å²) in [7, 11) is 4.78. The average Bonchev–Trinajstić information content (AvgIpc) is 2.93. The van der Waals surface area contributed by atoms with Gasteiger partial charge in [-0.3, -0.25) is 0 Å². The van der Waals surface area contributed by atoms with Gasteiger partial charge in [-0.2, -0.15) is 0 Å². The standard InChI is InChI=1S/C30H40O8/c1-22-8-5-6-9-24-10-7-11-27(36-20-32-2)29(24)30(31)38-26(18-28(22)37-21-33-3)16-17-35-19-23-12-14-25(34-4)15-13-23/h5-7,10-15,22,26,28H,8-9,16-21H2,1-4H3/b6-5+/t22-,26+,28?/m1/s1. The first kappa shape index (κ1) is 29.6. The van der Waals surface area contributed by atoms with E-state index in [1.165, 1.54) is 0 Å². The Morgan fingerprint density at radius 3 is 2.50 bits per heavy atom. The number of carbonyl (C=O) groups excluding carboxylic acids is 1. The van der Waals surface area contributed by atoms with E-state index in [-0.39, 0.29) is 25.6 Å². The Morgan fingerprint density at radius 2 is 1.76 bits per heavy atom. The molecule has 0 aromatic heterocycles. The van der Waals surface area contributed by atoms with Crippen molar-refractivity contribution in [1.29, 1.82) is 0 Å². The third-order valence-corrected chi connectivity index (χ3v) is 6.48. The minimum Gasteiger partial charge on any atom is -0.497 e. The maximum Gasteiger partial charge on any atom is 0.342 e. The largest absolute Gasteiger partial charge is 0.497 e. The number of hydrogen-bond acceptors (Lipinski definition) is 8. The summed E-state index contributed by atoms with van der Waals surface area (Å²) >= 11 is 0. The summed E-state index contributed by atoms with van der Waals surface area (Å²) in [6.07, 6.45) is 6.09. The molecule has 0 aliphatic carbocycles. The van der Waals surface area contributed by atoms with Gasteiger partial charge in [-0.25, -0.2) is 4.79 Å². The zero-order chi connectivity index (χ0) is 27.2. The molecule has 38 heavy (non-hydrogen) atoms. The molecule has 2 aromatic rings. The number of carbonyl (C=O) groups is 1. The van der Waals surface area contributed by atoms with Gasteiger partial charge in [0, 0.05) is 27.1 Å². The van der Waals surface area contributed by atoms with Gasteiger partial charge in [0.25, 0.3) is 0 Å². The van der Waals surface area contributed by atoms with E-state index in [0.717, 1.165) is 23.3 Å². The molecule has 0 fully saturated rings. The van der Waals surface area contributed by atoms with E-state index in [0.29, 0.717) is 43.8 Å². The van der Waals surface area contributed by atoms with E-state index in [2.05, 4.69) is 19.1 Å². The van der Waals surface area contributed by atoms with Crippen molar-refractivity contribution in [2.24, 2.45) is 5.92 Å². The summed E-state index contributed by atoms with van der Waals surface area (Å²) in [4.78, 5) is 13.5. The summed E-state index contributed by atoms with van der Waals surface area (Å²) in [5.41, 5.74) is 2.30. The molecule has 3 atom stereocenters. The smallest absolute Gasteiger partial charge is 0.342 e. The van der Waals surface area contributed by atoms with Crippen LogP contribution in [-0.4, -0.2) is 59.7 Å². The molecule has 1 aliphatic heterocycles. The second-order valence-electron chi connectivity index (χ2n) is 9.29. The van der Waals surface area contributed by atoms with Crippen molar-refractivity contribution in [3.8, 4) is 11.5 Å². The second kappa shape index (κ2) is 16.1. The van der Waals surface area contributed by atoms with E-state index in [4.69, 9.17) is 33.2 Å². The lowest BCUT2D eigenvalue weighted by Crippen LogP contribution is -2.32. The van der Waals surface area contributed by atoms with E-state index in [9.17, 15) is 4.79 Å². The number of allylic oxidation sites excluding steroid dienone is 2. The minimum atomic E-state index is -0.432. The maximum atomic E-state index is 13.5. The van der Waals surface area contributed by atoms with Crippen LogP contribution >= 0.6 is 0 Å². The molecule has 2 aromatic carbocycles. The van der Waals surface area contributed by atoms with Crippen LogP contribution in [0.1, 0.15) is 47.7 Å². The van der Waals surface area contributed by atoms with Crippen LogP contribution in [0.5, 0.6) is 11.5 Å². The molecule has 208 valence electrons. The number of hydrogen-bond donors (Lipinski definition) is 0. The van der Waals surface area contributed by atoms with Gasteiger partial charge in [-0.1, -0.05) is 43.3 Å². The molecule has 8 nitrogen and oxygen atoms in total. The fourth-order valence-corrected chi connectivity index (χ4v) is 4.33. The Balaban J connectivity index is 1.77. The van der Waals surface area contributed by atoms with Crippen LogP contribution < -0.4 is 9.47 Å². The highest BCUT2D eigenvalue weighted by atomic mass is 16.7. The van der Waals surface area contributed by atoms with Crippen molar-refractivity contribution < 1.29 is 38.0 Å². The Bertz CT molecular complexity index is 1000. The lowest BCUT2D eigenvalue weighted by Gasteiger charge is -2.28. The van der Waals surface area contributed by atoms with Crippen LogP contribution in [0.4, 0.5) is 0 Å². The van der Waals surface area contributed by atoms with Gasteiger partial charge in [0.2, 0.25) is 0 Å². The van der Waals surface area contributed by atoms with Gasteiger partial charge in [0.1, 0.15) is 30.0 Å². The molecule has 0 bridgehead atoms. The van der Waals surface area contributed by atoms with Crippen LogP contribution in [0.2, 0.25) is 0 Å². The summed E-state index contributed by atoms with van der Waals surface area (Å²) in [6.45, 7) is 3.22. The molecular formula is C30H40O8. The summed E-state index contributed by atoms with van der Waals surface area (Å²) in [6, 6.07) is 13.3. The number of ether oxygens (including phenoxy) is 7. The monoisotopic (exact) mass is 528 g/mol. The normalized spacial score (nSPS) is 20.9. The highest BCUT2D eigenvalue weighted by molar-refractivity contribution is 5.94. The quantitative estimate of drug-likeness (QED) is 0.158. The molecule has 0 saturated heterocycles. The van der Waals surface area contributed by atoms with Crippen LogP contribution in [0.3, 0.4) is 0 Å². The SMILES string of the molecule is COCOc1cccc2c1C(=O)O[C@@H](CCOCc1ccc(OC)cc1)CC(OCOC)[C@H](C)C/C=C/C2. The first-order valence-corrected chi connectivity index (χ1v) is 13.0. The zero-order valence-electron chi connectivity index (χ0n) is 22.9. The lowest BCUT2D eigenvalue weighted by atomic mass is 9.93. The predicted molar refractivity (Wildman–Crippen MR) is 143 cm³/mol. The van der Waals surface area contributed by atoms with Crippen molar-refractivity contribution in [1.82, 2.24) is 0 Å². The molecular weight excluding hydrogens is 488 g/mol. The minimum absolute atomic E-state index is 0.0344. The van der Waals surface area contributed by atoms with Crippen LogP contribution in [-0.2, 0) is 36.7 Å². The number of fused-ring (bicyclic) bond motifs is 1. The Hall–Kier alpha value is -2.91. The molecule has 1 aliphatic rings. The number of cyclic esters (lactones) is 1. The van der Waals surface area contributed by atoms with Crippen LogP contribution in [0.15, 0.2) is 54.6 Å². The van der Waals surface area contributed by atoms with Gasteiger partial charge in [0.15, 0.2) is 6.79 Å². The Morgan fingerprint density at radius 1 is 0.974 bits per heavy atom. The molecule has 0 saturated carbocycles. The predicted octanol–water partition coefficient (Wildman–Crippen LogP) is 5.33.